The average molecular weight is 831 g/mol. The molecule has 4 heteroatoms. The first-order chi connectivity index (χ1) is 24.9. The quantitative estimate of drug-likeness (QED) is 0.124. The molecule has 0 radical (unpaired) electrons. The van der Waals surface area contributed by atoms with Crippen LogP contribution in [0.25, 0.3) is 77.5 Å². The van der Waals surface area contributed by atoms with Crippen LogP contribution < -0.4 is 24.8 Å². The van der Waals surface area contributed by atoms with E-state index >= 15 is 0 Å². The third-order valence-corrected chi connectivity index (χ3v) is 16.7. The fourth-order valence-electron chi connectivity index (χ4n) is 10.3. The number of allylic oxidation sites excluding steroid dienone is 2. The number of hydrogen-bond acceptors (Lipinski definition) is 0. The number of halogens is 2. The zero-order valence-electron chi connectivity index (χ0n) is 30.9. The smallest absolute Gasteiger partial charge is 1.00 e. The van der Waals surface area contributed by atoms with Crippen molar-refractivity contribution in [2.45, 2.75) is 38.0 Å². The summed E-state index contributed by atoms with van der Waals surface area (Å²) in [7, 11) is -2.04. The average Bonchev–Trinajstić information content (AvgIpc) is 3.70. The summed E-state index contributed by atoms with van der Waals surface area (Å²) < 4.78 is 0. The van der Waals surface area contributed by atoms with Gasteiger partial charge in [0.05, 0.1) is 8.07 Å². The summed E-state index contributed by atoms with van der Waals surface area (Å²) in [5, 5.41) is 10.5. The van der Waals surface area contributed by atoms with E-state index in [0.29, 0.717) is 11.1 Å². The molecule has 8 aromatic carbocycles. The van der Waals surface area contributed by atoms with Crippen LogP contribution in [0, 0.1) is 0 Å². The molecule has 8 aromatic rings. The van der Waals surface area contributed by atoms with E-state index in [9.17, 15) is 0 Å². The molecule has 10 rings (SSSR count). The van der Waals surface area contributed by atoms with Gasteiger partial charge in [0.15, 0.2) is 0 Å². The normalized spacial score (nSPS) is 15.9. The Labute approximate surface area is 351 Å². The van der Waals surface area contributed by atoms with Crippen molar-refractivity contribution >= 4 is 63.3 Å². The van der Waals surface area contributed by atoms with Gasteiger partial charge in [-0.2, -0.15) is 0 Å². The first kappa shape index (κ1) is 38.2. The van der Waals surface area contributed by atoms with Crippen LogP contribution in [0.2, 0.25) is 13.1 Å². The molecule has 54 heavy (non-hydrogen) atoms. The van der Waals surface area contributed by atoms with Gasteiger partial charge in [-0.15, -0.1) is 0 Å². The maximum absolute atomic E-state index is 2.65. The van der Waals surface area contributed by atoms with Gasteiger partial charge in [0.2, 0.25) is 0 Å². The predicted octanol–water partition coefficient (Wildman–Crippen LogP) is 8.13. The van der Waals surface area contributed by atoms with Crippen molar-refractivity contribution < 1.29 is 51.0 Å². The van der Waals surface area contributed by atoms with Crippen molar-refractivity contribution in [3.63, 3.8) is 0 Å². The summed E-state index contributed by atoms with van der Waals surface area (Å²) in [4.78, 5) is 0. The number of fused-ring (bicyclic) bond motifs is 8. The molecule has 2 unspecified atom stereocenters. The molecule has 0 nitrogen and oxygen atoms in total. The summed E-state index contributed by atoms with van der Waals surface area (Å²) in [6.45, 7) is 10.1. The topological polar surface area (TPSA) is 0 Å². The molecular weight excluding hydrogens is 791 g/mol. The second-order valence-corrected chi connectivity index (χ2v) is 20.3. The van der Waals surface area contributed by atoms with E-state index in [1.165, 1.54) is 98.7 Å². The van der Waals surface area contributed by atoms with Gasteiger partial charge in [-0.05, 0) is 114 Å². The van der Waals surface area contributed by atoms with Gasteiger partial charge in [0, 0.05) is 11.1 Å². The Balaban J connectivity index is 0.00000150. The summed E-state index contributed by atoms with van der Waals surface area (Å²) in [5.74, 6) is 0. The molecule has 0 heterocycles. The molecule has 2 aliphatic carbocycles. The van der Waals surface area contributed by atoms with E-state index in [2.05, 4.69) is 185 Å². The first-order valence-electron chi connectivity index (χ1n) is 18.3. The van der Waals surface area contributed by atoms with Gasteiger partial charge in [-0.3, -0.25) is 0 Å². The van der Waals surface area contributed by atoms with Crippen LogP contribution in [-0.4, -0.2) is 8.07 Å². The third kappa shape index (κ3) is 5.72. The van der Waals surface area contributed by atoms with E-state index in [4.69, 9.17) is 0 Å². The Morgan fingerprint density at radius 3 is 1.15 bits per heavy atom. The molecule has 0 aliphatic heterocycles. The number of rotatable bonds is 4. The second-order valence-electron chi connectivity index (χ2n) is 15.5. The SMILES string of the molecule is CC1=Cc2c(-c3cc4ccccc4c4ccccc34)cccc2C1[Si](C)(C)C1C(C)=Cc2c(-c3cc4ccccc4c4ccccc34)cccc21.[Cl-].[Cl-].[Zr+2]. The fraction of sp³-hybridized carbons (Fsp3) is 0.120. The summed E-state index contributed by atoms with van der Waals surface area (Å²) in [6.07, 6.45) is 5.06. The van der Waals surface area contributed by atoms with E-state index < -0.39 is 8.07 Å². The molecule has 0 fully saturated rings. The van der Waals surface area contributed by atoms with Crippen molar-refractivity contribution in [3.05, 3.63) is 179 Å². The fourth-order valence-corrected chi connectivity index (χ4v) is 15.2. The summed E-state index contributed by atoms with van der Waals surface area (Å²) in [6, 6.07) is 54.6. The van der Waals surface area contributed by atoms with Crippen LogP contribution in [0.5, 0.6) is 0 Å². The molecule has 262 valence electrons. The monoisotopic (exact) mass is 828 g/mol. The molecule has 0 N–H and O–H groups in total. The maximum Gasteiger partial charge on any atom is 2.00 e. The van der Waals surface area contributed by atoms with Gasteiger partial charge in [0.25, 0.3) is 0 Å². The van der Waals surface area contributed by atoms with Gasteiger partial charge < -0.3 is 24.8 Å². The Morgan fingerprint density at radius 2 is 0.741 bits per heavy atom. The zero-order valence-corrected chi connectivity index (χ0v) is 35.9. The van der Waals surface area contributed by atoms with Crippen LogP contribution in [-0.2, 0) is 26.2 Å². The maximum atomic E-state index is 2.65. The van der Waals surface area contributed by atoms with E-state index in [0.717, 1.165) is 0 Å². The van der Waals surface area contributed by atoms with Crippen molar-refractivity contribution in [2.24, 2.45) is 0 Å². The zero-order chi connectivity index (χ0) is 34.4. The predicted molar refractivity (Wildman–Crippen MR) is 224 cm³/mol. The molecule has 0 aromatic heterocycles. The van der Waals surface area contributed by atoms with Gasteiger partial charge in [-0.25, -0.2) is 0 Å². The van der Waals surface area contributed by atoms with E-state index in [1.54, 1.807) is 0 Å². The molecule has 0 spiro atoms. The molecule has 0 saturated heterocycles. The molecule has 2 aliphatic rings. The largest absolute Gasteiger partial charge is 2.00 e. The standard InChI is InChI=1S/C50H40Si.2ClH.Zr/c1-31-27-45-41(47-29-33-15-5-7-17-35(33)37-19-9-11-21-39(37)47)23-13-25-43(45)49(31)51(3,4)50-32(2)28-46-42(24-14-26-44(46)50)48-30-34-16-6-8-18-36(34)38-20-10-12-22-40(38)48;;;/h5-30,49-50H,1-4H3;2*1H;/q;;;+2/p-2. The summed E-state index contributed by atoms with van der Waals surface area (Å²) in [5.41, 5.74) is 15.1. The van der Waals surface area contributed by atoms with Crippen molar-refractivity contribution in [2.75, 3.05) is 0 Å². The Morgan fingerprint density at radius 1 is 0.389 bits per heavy atom. The second kappa shape index (κ2) is 14.6. The van der Waals surface area contributed by atoms with Crippen molar-refractivity contribution in [1.29, 1.82) is 0 Å². The van der Waals surface area contributed by atoms with E-state index in [-0.39, 0.29) is 51.0 Å². The number of benzene rings is 8. The molecule has 2 atom stereocenters. The van der Waals surface area contributed by atoms with Crippen LogP contribution in [0.3, 0.4) is 0 Å². The Hall–Kier alpha value is -4.04. The van der Waals surface area contributed by atoms with Crippen LogP contribution in [0.4, 0.5) is 0 Å². The van der Waals surface area contributed by atoms with Crippen LogP contribution in [0.15, 0.2) is 157 Å². The Kier molecular flexibility index (Phi) is 10.3. The van der Waals surface area contributed by atoms with Gasteiger partial charge in [-0.1, -0.05) is 170 Å². The van der Waals surface area contributed by atoms with E-state index in [1.807, 2.05) is 0 Å². The first-order valence-corrected chi connectivity index (χ1v) is 21.5. The minimum atomic E-state index is -2.04. The third-order valence-electron chi connectivity index (χ3n) is 12.2. The Bertz CT molecular complexity index is 2640. The van der Waals surface area contributed by atoms with Crippen LogP contribution >= 0.6 is 0 Å². The van der Waals surface area contributed by atoms with Gasteiger partial charge in [0.1, 0.15) is 0 Å². The summed E-state index contributed by atoms with van der Waals surface area (Å²) >= 11 is 0. The van der Waals surface area contributed by atoms with Crippen molar-refractivity contribution in [1.82, 2.24) is 0 Å². The van der Waals surface area contributed by atoms with Crippen molar-refractivity contribution in [3.8, 4) is 22.3 Å². The molecule has 0 bridgehead atoms. The van der Waals surface area contributed by atoms with Gasteiger partial charge >= 0.3 is 26.2 Å². The molecule has 0 amide bonds. The van der Waals surface area contributed by atoms with Crippen LogP contribution in [0.1, 0.15) is 47.2 Å². The minimum absolute atomic E-state index is 0. The molecular formula is C50H40Cl2SiZr. The number of hydrogen-bond donors (Lipinski definition) is 0. The minimum Gasteiger partial charge on any atom is -1.00 e. The molecule has 0 saturated carbocycles.